The Labute approximate surface area is 164 Å². The van der Waals surface area contributed by atoms with Gasteiger partial charge in [-0.15, -0.1) is 0 Å². The van der Waals surface area contributed by atoms with E-state index in [1.807, 2.05) is 63.2 Å². The van der Waals surface area contributed by atoms with Crippen LogP contribution in [0, 0.1) is 6.92 Å². The van der Waals surface area contributed by atoms with Crippen LogP contribution >= 0.6 is 0 Å². The highest BCUT2D eigenvalue weighted by molar-refractivity contribution is 5.99. The smallest absolute Gasteiger partial charge is 0.287 e. The number of furan rings is 1. The Bertz CT molecular complexity index is 930. The molecule has 1 heterocycles. The lowest BCUT2D eigenvalue weighted by atomic mass is 10.1. The summed E-state index contributed by atoms with van der Waals surface area (Å²) in [5, 5.41) is 3.71. The fourth-order valence-electron chi connectivity index (χ4n) is 2.89. The molecule has 3 aromatic rings. The number of hydrogen-bond donors (Lipinski definition) is 1. The number of hydrogen-bond acceptors (Lipinski definition) is 5. The van der Waals surface area contributed by atoms with Gasteiger partial charge in [-0.1, -0.05) is 0 Å². The number of aryl methyl sites for hydroxylation is 1. The summed E-state index contributed by atoms with van der Waals surface area (Å²) in [6, 6.07) is 12.9. The minimum absolute atomic E-state index is 0.262. The molecule has 0 aliphatic carbocycles. The molecule has 0 saturated heterocycles. The highest BCUT2D eigenvalue weighted by Crippen LogP contribution is 2.28. The SMILES string of the molecule is CCOc1ccc(OCCNC(=O)c2oc3ccc(OCC)cc3c2C)cc1. The Hall–Kier alpha value is -3.15. The van der Waals surface area contributed by atoms with E-state index in [2.05, 4.69) is 5.32 Å². The van der Waals surface area contributed by atoms with Crippen molar-refractivity contribution in [3.8, 4) is 17.2 Å². The number of benzene rings is 2. The third kappa shape index (κ3) is 4.57. The predicted molar refractivity (Wildman–Crippen MR) is 108 cm³/mol. The number of amides is 1. The summed E-state index contributed by atoms with van der Waals surface area (Å²) in [4.78, 5) is 12.5. The van der Waals surface area contributed by atoms with Crippen LogP contribution in [0.25, 0.3) is 11.0 Å². The second-order valence-corrected chi connectivity index (χ2v) is 6.16. The Morgan fingerprint density at radius 3 is 2.21 bits per heavy atom. The molecule has 2 aromatic carbocycles. The van der Waals surface area contributed by atoms with E-state index in [0.29, 0.717) is 37.7 Å². The van der Waals surface area contributed by atoms with Crippen molar-refractivity contribution in [1.29, 1.82) is 0 Å². The average molecular weight is 383 g/mol. The van der Waals surface area contributed by atoms with Gasteiger partial charge in [-0.2, -0.15) is 0 Å². The van der Waals surface area contributed by atoms with Crippen molar-refractivity contribution < 1.29 is 23.4 Å². The maximum atomic E-state index is 12.5. The van der Waals surface area contributed by atoms with E-state index in [-0.39, 0.29) is 5.91 Å². The van der Waals surface area contributed by atoms with Gasteiger partial charge in [0.05, 0.1) is 19.8 Å². The van der Waals surface area contributed by atoms with Crippen molar-refractivity contribution in [2.24, 2.45) is 0 Å². The molecular weight excluding hydrogens is 358 g/mol. The summed E-state index contributed by atoms with van der Waals surface area (Å²) >= 11 is 0. The van der Waals surface area contributed by atoms with Gasteiger partial charge in [0.2, 0.25) is 0 Å². The molecule has 0 bridgehead atoms. The van der Waals surface area contributed by atoms with E-state index in [4.69, 9.17) is 18.6 Å². The first-order valence-electron chi connectivity index (χ1n) is 9.42. The first-order valence-corrected chi connectivity index (χ1v) is 9.42. The fraction of sp³-hybridized carbons (Fsp3) is 0.318. The molecule has 1 aromatic heterocycles. The molecule has 6 heteroatoms. The highest BCUT2D eigenvalue weighted by atomic mass is 16.5. The van der Waals surface area contributed by atoms with E-state index < -0.39 is 0 Å². The monoisotopic (exact) mass is 383 g/mol. The Morgan fingerprint density at radius 1 is 0.929 bits per heavy atom. The maximum absolute atomic E-state index is 12.5. The quantitative estimate of drug-likeness (QED) is 0.557. The Morgan fingerprint density at radius 2 is 1.54 bits per heavy atom. The van der Waals surface area contributed by atoms with E-state index >= 15 is 0 Å². The summed E-state index contributed by atoms with van der Waals surface area (Å²) in [5.41, 5.74) is 1.46. The minimum Gasteiger partial charge on any atom is -0.494 e. The molecular formula is C22H25NO5. The Kier molecular flexibility index (Phi) is 6.42. The molecule has 0 fully saturated rings. The number of carbonyl (C=O) groups excluding carboxylic acids is 1. The van der Waals surface area contributed by atoms with Gasteiger partial charge < -0.3 is 23.9 Å². The van der Waals surface area contributed by atoms with Crippen molar-refractivity contribution in [2.75, 3.05) is 26.4 Å². The fourth-order valence-corrected chi connectivity index (χ4v) is 2.89. The number of ether oxygens (including phenoxy) is 3. The molecule has 28 heavy (non-hydrogen) atoms. The lowest BCUT2D eigenvalue weighted by Crippen LogP contribution is -2.28. The van der Waals surface area contributed by atoms with Gasteiger partial charge >= 0.3 is 0 Å². The maximum Gasteiger partial charge on any atom is 0.287 e. The van der Waals surface area contributed by atoms with Crippen LogP contribution < -0.4 is 19.5 Å². The van der Waals surface area contributed by atoms with E-state index in [9.17, 15) is 4.79 Å². The predicted octanol–water partition coefficient (Wildman–Crippen LogP) is 4.35. The van der Waals surface area contributed by atoms with Gasteiger partial charge in [0.1, 0.15) is 29.4 Å². The van der Waals surface area contributed by atoms with Crippen molar-refractivity contribution in [1.82, 2.24) is 5.32 Å². The van der Waals surface area contributed by atoms with Crippen LogP contribution in [0.2, 0.25) is 0 Å². The molecule has 0 aliphatic heterocycles. The normalized spacial score (nSPS) is 10.7. The topological polar surface area (TPSA) is 69.9 Å². The number of nitrogens with one attached hydrogen (secondary N) is 1. The largest absolute Gasteiger partial charge is 0.494 e. The zero-order chi connectivity index (χ0) is 19.9. The molecule has 0 spiro atoms. The molecule has 0 radical (unpaired) electrons. The lowest BCUT2D eigenvalue weighted by molar-refractivity contribution is 0.0920. The molecule has 6 nitrogen and oxygen atoms in total. The first kappa shape index (κ1) is 19.6. The van der Waals surface area contributed by atoms with Gasteiger partial charge in [0, 0.05) is 10.9 Å². The highest BCUT2D eigenvalue weighted by Gasteiger charge is 2.17. The Balaban J connectivity index is 1.55. The van der Waals surface area contributed by atoms with Crippen LogP contribution in [-0.2, 0) is 0 Å². The number of rotatable bonds is 9. The van der Waals surface area contributed by atoms with E-state index in [0.717, 1.165) is 28.2 Å². The van der Waals surface area contributed by atoms with Gasteiger partial charge in [-0.25, -0.2) is 0 Å². The van der Waals surface area contributed by atoms with Crippen LogP contribution in [-0.4, -0.2) is 32.3 Å². The van der Waals surface area contributed by atoms with E-state index in [1.165, 1.54) is 0 Å². The van der Waals surface area contributed by atoms with Crippen molar-refractivity contribution in [3.05, 3.63) is 53.8 Å². The molecule has 0 unspecified atom stereocenters. The van der Waals surface area contributed by atoms with Crippen molar-refractivity contribution >= 4 is 16.9 Å². The van der Waals surface area contributed by atoms with Gasteiger partial charge in [-0.05, 0) is 63.2 Å². The van der Waals surface area contributed by atoms with Crippen molar-refractivity contribution in [2.45, 2.75) is 20.8 Å². The van der Waals surface area contributed by atoms with Crippen molar-refractivity contribution in [3.63, 3.8) is 0 Å². The number of carbonyl (C=O) groups is 1. The molecule has 148 valence electrons. The van der Waals surface area contributed by atoms with Gasteiger partial charge in [-0.3, -0.25) is 4.79 Å². The third-order valence-corrected chi connectivity index (χ3v) is 4.22. The average Bonchev–Trinajstić information content (AvgIpc) is 3.03. The summed E-state index contributed by atoms with van der Waals surface area (Å²) < 4.78 is 22.3. The molecule has 0 atom stereocenters. The van der Waals surface area contributed by atoms with Crippen LogP contribution in [0.4, 0.5) is 0 Å². The number of fused-ring (bicyclic) bond motifs is 1. The zero-order valence-electron chi connectivity index (χ0n) is 16.4. The van der Waals surface area contributed by atoms with Crippen LogP contribution in [0.1, 0.15) is 30.0 Å². The molecule has 1 amide bonds. The zero-order valence-corrected chi connectivity index (χ0v) is 16.4. The summed E-state index contributed by atoms with van der Waals surface area (Å²) in [6.07, 6.45) is 0. The molecule has 1 N–H and O–H groups in total. The molecule has 0 saturated carbocycles. The minimum atomic E-state index is -0.262. The summed E-state index contributed by atoms with van der Waals surface area (Å²) in [7, 11) is 0. The van der Waals surface area contributed by atoms with Crippen LogP contribution in [0.5, 0.6) is 17.2 Å². The summed E-state index contributed by atoms with van der Waals surface area (Å²) in [6.45, 7) is 7.67. The van der Waals surface area contributed by atoms with Crippen LogP contribution in [0.15, 0.2) is 46.9 Å². The molecule has 0 aliphatic rings. The molecule has 3 rings (SSSR count). The first-order chi connectivity index (χ1) is 13.6. The lowest BCUT2D eigenvalue weighted by Gasteiger charge is -2.08. The summed E-state index contributed by atoms with van der Waals surface area (Å²) in [5.74, 6) is 2.33. The van der Waals surface area contributed by atoms with Gasteiger partial charge in [0.25, 0.3) is 5.91 Å². The standard InChI is InChI=1S/C22H25NO5/c1-4-25-16-6-8-17(9-7-16)27-13-12-23-22(24)21-15(3)19-14-18(26-5-2)10-11-20(19)28-21/h6-11,14H,4-5,12-13H2,1-3H3,(H,23,24). The van der Waals surface area contributed by atoms with Gasteiger partial charge in [0.15, 0.2) is 5.76 Å². The van der Waals surface area contributed by atoms with Crippen LogP contribution in [0.3, 0.4) is 0 Å². The van der Waals surface area contributed by atoms with E-state index in [1.54, 1.807) is 0 Å². The second kappa shape index (κ2) is 9.17. The third-order valence-electron chi connectivity index (χ3n) is 4.22. The second-order valence-electron chi connectivity index (χ2n) is 6.16.